The van der Waals surface area contributed by atoms with E-state index in [1.165, 1.54) is 30.8 Å². The van der Waals surface area contributed by atoms with E-state index in [4.69, 9.17) is 4.74 Å². The summed E-state index contributed by atoms with van der Waals surface area (Å²) < 4.78 is 36.2. The fourth-order valence-electron chi connectivity index (χ4n) is 3.86. The third-order valence-corrected chi connectivity index (χ3v) is 6.98. The number of hydrogen-bond donors (Lipinski definition) is 0. The molecule has 10 nitrogen and oxygen atoms in total. The second-order valence-electron chi connectivity index (χ2n) is 7.65. The summed E-state index contributed by atoms with van der Waals surface area (Å²) in [6.07, 6.45) is 1.26. The first-order valence-electron chi connectivity index (χ1n) is 9.81. The van der Waals surface area contributed by atoms with Crippen LogP contribution in [0, 0.1) is 5.92 Å². The van der Waals surface area contributed by atoms with Crippen LogP contribution in [0.1, 0.15) is 24.1 Å². The number of likely N-dealkylation sites (tertiary alicyclic amines) is 1. The van der Waals surface area contributed by atoms with E-state index in [9.17, 15) is 22.8 Å². The van der Waals surface area contributed by atoms with Crippen LogP contribution in [-0.4, -0.2) is 47.3 Å². The minimum atomic E-state index is -3.74. The summed E-state index contributed by atoms with van der Waals surface area (Å²) in [7, 11) is -0.859. The summed E-state index contributed by atoms with van der Waals surface area (Å²) in [5.74, 6) is -0.592. The van der Waals surface area contributed by atoms with Crippen molar-refractivity contribution in [1.82, 2.24) is 14.0 Å². The maximum Gasteiger partial charge on any atom is 0.330 e. The fourth-order valence-corrected chi connectivity index (χ4v) is 5.09. The van der Waals surface area contributed by atoms with Gasteiger partial charge in [-0.1, -0.05) is 12.1 Å². The van der Waals surface area contributed by atoms with Gasteiger partial charge in [0.25, 0.3) is 15.6 Å². The minimum Gasteiger partial charge on any atom is -0.459 e. The SMILES string of the molecule is Cn1c(COC(=O)C2CCCN(C3=NS(=O)(=O)c4ccccc43)C2)cc(=O)n(C)c1=O. The molecule has 0 saturated carbocycles. The molecule has 0 aliphatic carbocycles. The number of carbonyl (C=O) groups is 1. The molecule has 31 heavy (non-hydrogen) atoms. The number of rotatable bonds is 3. The van der Waals surface area contributed by atoms with Gasteiger partial charge in [-0.15, -0.1) is 4.40 Å². The molecule has 3 heterocycles. The van der Waals surface area contributed by atoms with Crippen LogP contribution in [0.2, 0.25) is 0 Å². The molecule has 2 aliphatic heterocycles. The molecule has 1 atom stereocenters. The summed E-state index contributed by atoms with van der Waals surface area (Å²) in [5.41, 5.74) is -0.139. The third-order valence-electron chi connectivity index (χ3n) is 5.65. The quantitative estimate of drug-likeness (QED) is 0.608. The Morgan fingerprint density at radius 3 is 2.71 bits per heavy atom. The van der Waals surface area contributed by atoms with Crippen LogP contribution in [0.5, 0.6) is 0 Å². The molecule has 0 radical (unpaired) electrons. The lowest BCUT2D eigenvalue weighted by Crippen LogP contribution is -2.43. The number of piperidine rings is 1. The Hall–Kier alpha value is -3.21. The van der Waals surface area contributed by atoms with E-state index in [0.717, 1.165) is 4.57 Å². The van der Waals surface area contributed by atoms with Crippen molar-refractivity contribution in [2.24, 2.45) is 24.4 Å². The van der Waals surface area contributed by atoms with Crippen LogP contribution in [-0.2, 0) is 40.3 Å². The van der Waals surface area contributed by atoms with Gasteiger partial charge in [-0.05, 0) is 25.0 Å². The van der Waals surface area contributed by atoms with Crippen molar-refractivity contribution in [2.75, 3.05) is 13.1 Å². The largest absolute Gasteiger partial charge is 0.459 e. The van der Waals surface area contributed by atoms with Gasteiger partial charge in [-0.3, -0.25) is 18.7 Å². The molecule has 4 rings (SSSR count). The molecular formula is C20H22N4O6S. The van der Waals surface area contributed by atoms with E-state index in [1.54, 1.807) is 23.1 Å². The zero-order chi connectivity index (χ0) is 22.3. The third kappa shape index (κ3) is 3.80. The monoisotopic (exact) mass is 446 g/mol. The molecule has 1 aromatic carbocycles. The lowest BCUT2D eigenvalue weighted by Gasteiger charge is -2.33. The Morgan fingerprint density at radius 2 is 1.94 bits per heavy atom. The number of carbonyl (C=O) groups excluding carboxylic acids is 1. The van der Waals surface area contributed by atoms with Crippen LogP contribution in [0.3, 0.4) is 0 Å². The minimum absolute atomic E-state index is 0.168. The smallest absolute Gasteiger partial charge is 0.330 e. The number of nitrogens with zero attached hydrogens (tertiary/aromatic N) is 4. The molecule has 0 amide bonds. The number of amidine groups is 1. The van der Waals surface area contributed by atoms with E-state index >= 15 is 0 Å². The molecule has 1 fully saturated rings. The van der Waals surface area contributed by atoms with Crippen LogP contribution in [0.25, 0.3) is 0 Å². The highest BCUT2D eigenvalue weighted by Gasteiger charge is 2.35. The van der Waals surface area contributed by atoms with Crippen molar-refractivity contribution in [2.45, 2.75) is 24.3 Å². The second-order valence-corrected chi connectivity index (χ2v) is 9.23. The number of sulfonamides is 1. The predicted molar refractivity (Wildman–Crippen MR) is 111 cm³/mol. The van der Waals surface area contributed by atoms with Gasteiger partial charge < -0.3 is 9.64 Å². The zero-order valence-electron chi connectivity index (χ0n) is 17.1. The van der Waals surface area contributed by atoms with Crippen molar-refractivity contribution < 1.29 is 17.9 Å². The van der Waals surface area contributed by atoms with Gasteiger partial charge in [0.05, 0.1) is 11.6 Å². The Bertz CT molecular complexity index is 1310. The second kappa shape index (κ2) is 7.80. The summed E-state index contributed by atoms with van der Waals surface area (Å²) in [6.45, 7) is 0.655. The maximum absolute atomic E-state index is 12.7. The molecule has 0 N–H and O–H groups in total. The molecule has 2 aliphatic rings. The van der Waals surface area contributed by atoms with Crippen LogP contribution < -0.4 is 11.2 Å². The Kier molecular flexibility index (Phi) is 5.29. The molecule has 11 heteroatoms. The number of fused-ring (bicyclic) bond motifs is 1. The number of esters is 1. The summed E-state index contributed by atoms with van der Waals surface area (Å²) in [5, 5.41) is 0. The first-order valence-corrected chi connectivity index (χ1v) is 11.2. The Morgan fingerprint density at radius 1 is 1.19 bits per heavy atom. The maximum atomic E-state index is 12.7. The Labute approximate surface area is 178 Å². The lowest BCUT2D eigenvalue weighted by molar-refractivity contribution is -0.151. The van der Waals surface area contributed by atoms with Gasteiger partial charge in [0.15, 0.2) is 5.84 Å². The molecule has 0 bridgehead atoms. The highest BCUT2D eigenvalue weighted by molar-refractivity contribution is 7.90. The van der Waals surface area contributed by atoms with Crippen LogP contribution in [0.4, 0.5) is 0 Å². The average molecular weight is 446 g/mol. The van der Waals surface area contributed by atoms with E-state index in [-0.39, 0.29) is 18.0 Å². The van der Waals surface area contributed by atoms with E-state index < -0.39 is 33.2 Å². The van der Waals surface area contributed by atoms with Crippen molar-refractivity contribution in [3.8, 4) is 0 Å². The summed E-state index contributed by atoms with van der Waals surface area (Å²) in [6, 6.07) is 7.88. The number of benzene rings is 1. The highest BCUT2D eigenvalue weighted by Crippen LogP contribution is 2.30. The molecular weight excluding hydrogens is 424 g/mol. The lowest BCUT2D eigenvalue weighted by atomic mass is 9.97. The fraction of sp³-hybridized carbons (Fsp3) is 0.400. The van der Waals surface area contributed by atoms with Crippen molar-refractivity contribution in [1.29, 1.82) is 0 Å². The Balaban J connectivity index is 1.48. The standard InChI is InChI=1S/C20H22N4O6S/c1-22-14(10-17(25)23(2)20(22)27)12-30-19(26)13-6-5-9-24(11-13)18-15-7-3-4-8-16(15)31(28,29)21-18/h3-4,7-8,10,13H,5-6,9,11-12H2,1-2H3. The number of aromatic nitrogens is 2. The van der Waals surface area contributed by atoms with Gasteiger partial charge in [-0.25, -0.2) is 4.79 Å². The van der Waals surface area contributed by atoms with Gasteiger partial charge in [-0.2, -0.15) is 8.42 Å². The van der Waals surface area contributed by atoms with Crippen LogP contribution >= 0.6 is 0 Å². The molecule has 1 unspecified atom stereocenters. The van der Waals surface area contributed by atoms with Gasteiger partial charge in [0.1, 0.15) is 11.5 Å². The molecule has 164 valence electrons. The normalized spacial score (nSPS) is 19.6. The van der Waals surface area contributed by atoms with Gasteiger partial charge >= 0.3 is 11.7 Å². The molecule has 0 spiro atoms. The van der Waals surface area contributed by atoms with Gasteiger partial charge in [0.2, 0.25) is 0 Å². The van der Waals surface area contributed by atoms with Crippen LogP contribution in [0.15, 0.2) is 49.2 Å². The van der Waals surface area contributed by atoms with E-state index in [0.29, 0.717) is 36.5 Å². The molecule has 1 aromatic heterocycles. The molecule has 1 saturated heterocycles. The van der Waals surface area contributed by atoms with Crippen molar-refractivity contribution >= 4 is 21.8 Å². The van der Waals surface area contributed by atoms with E-state index in [2.05, 4.69) is 4.40 Å². The first-order chi connectivity index (χ1) is 14.7. The molecule has 2 aromatic rings. The summed E-state index contributed by atoms with van der Waals surface area (Å²) in [4.78, 5) is 38.5. The zero-order valence-corrected chi connectivity index (χ0v) is 18.0. The first kappa shape index (κ1) is 21.0. The van der Waals surface area contributed by atoms with Crippen molar-refractivity contribution in [3.05, 3.63) is 62.4 Å². The van der Waals surface area contributed by atoms with Gasteiger partial charge in [0, 0.05) is 38.8 Å². The average Bonchev–Trinajstić information content (AvgIpc) is 3.05. The topological polar surface area (TPSA) is 120 Å². The number of ether oxygens (including phenoxy) is 1. The van der Waals surface area contributed by atoms with Crippen molar-refractivity contribution in [3.63, 3.8) is 0 Å². The number of hydrogen-bond acceptors (Lipinski definition) is 7. The van der Waals surface area contributed by atoms with E-state index in [1.807, 2.05) is 0 Å². The highest BCUT2D eigenvalue weighted by atomic mass is 32.2. The summed E-state index contributed by atoms with van der Waals surface area (Å²) >= 11 is 0. The predicted octanol–water partition coefficient (Wildman–Crippen LogP) is -0.0117.